The second-order valence-corrected chi connectivity index (χ2v) is 3.42. The minimum absolute atomic E-state index is 0.340. The maximum absolute atomic E-state index is 11.0. The fourth-order valence-corrected chi connectivity index (χ4v) is 1.62. The Labute approximate surface area is 94.2 Å². The van der Waals surface area contributed by atoms with Crippen LogP contribution in [0, 0.1) is 0 Å². The fraction of sp³-hybridized carbons (Fsp3) is 0.0714. The van der Waals surface area contributed by atoms with Crippen LogP contribution in [0.25, 0.3) is 16.8 Å². The van der Waals surface area contributed by atoms with E-state index >= 15 is 0 Å². The molecule has 0 atom stereocenters. The van der Waals surface area contributed by atoms with Gasteiger partial charge >= 0.3 is 5.97 Å². The van der Waals surface area contributed by atoms with Crippen molar-refractivity contribution in [1.29, 1.82) is 0 Å². The van der Waals surface area contributed by atoms with E-state index in [1.165, 1.54) is 13.2 Å². The molecule has 0 heterocycles. The van der Waals surface area contributed by atoms with E-state index in [-0.39, 0.29) is 5.97 Å². The van der Waals surface area contributed by atoms with Crippen LogP contribution in [-0.2, 0) is 9.53 Å². The highest BCUT2D eigenvalue weighted by atomic mass is 16.5. The molecule has 2 aromatic rings. The van der Waals surface area contributed by atoms with Crippen LogP contribution in [0.4, 0.5) is 0 Å². The molecular weight excluding hydrogens is 200 g/mol. The molecule has 0 N–H and O–H groups in total. The average molecular weight is 212 g/mol. The maximum atomic E-state index is 11.0. The molecule has 2 aromatic carbocycles. The second kappa shape index (κ2) is 4.62. The Balaban J connectivity index is 2.45. The molecule has 0 amide bonds. The molecule has 2 rings (SSSR count). The largest absolute Gasteiger partial charge is 0.466 e. The van der Waals surface area contributed by atoms with E-state index in [2.05, 4.69) is 4.74 Å². The van der Waals surface area contributed by atoms with Gasteiger partial charge in [-0.1, -0.05) is 42.5 Å². The zero-order valence-corrected chi connectivity index (χ0v) is 9.01. The summed E-state index contributed by atoms with van der Waals surface area (Å²) in [6.45, 7) is 0. The Bertz CT molecular complexity index is 536. The number of fused-ring (bicyclic) bond motifs is 1. The van der Waals surface area contributed by atoms with E-state index in [4.69, 9.17) is 0 Å². The third-order valence-electron chi connectivity index (χ3n) is 2.42. The summed E-state index contributed by atoms with van der Waals surface area (Å²) in [5, 5.41) is 2.29. The highest BCUT2D eigenvalue weighted by molar-refractivity contribution is 5.94. The number of carbonyl (C=O) groups is 1. The summed E-state index contributed by atoms with van der Waals surface area (Å²) in [5.74, 6) is -0.340. The first-order valence-corrected chi connectivity index (χ1v) is 5.05. The Morgan fingerprint density at radius 2 is 1.88 bits per heavy atom. The van der Waals surface area contributed by atoms with Crippen LogP contribution in [0.3, 0.4) is 0 Å². The lowest BCUT2D eigenvalue weighted by Crippen LogP contribution is -1.93. The van der Waals surface area contributed by atoms with Gasteiger partial charge < -0.3 is 4.74 Å². The van der Waals surface area contributed by atoms with Crippen LogP contribution < -0.4 is 0 Å². The number of methoxy groups -OCH3 is 1. The van der Waals surface area contributed by atoms with Gasteiger partial charge in [-0.15, -0.1) is 0 Å². The molecule has 0 spiro atoms. The summed E-state index contributed by atoms with van der Waals surface area (Å²) in [5.41, 5.74) is 1.02. The van der Waals surface area contributed by atoms with Crippen molar-refractivity contribution in [2.75, 3.05) is 7.11 Å². The summed E-state index contributed by atoms with van der Waals surface area (Å²) in [4.78, 5) is 11.0. The van der Waals surface area contributed by atoms with Gasteiger partial charge in [-0.25, -0.2) is 4.79 Å². The van der Waals surface area contributed by atoms with Crippen molar-refractivity contribution in [3.8, 4) is 0 Å². The SMILES string of the molecule is COC(=O)/C=C\c1cccc2ccccc12. The molecule has 0 fully saturated rings. The van der Waals surface area contributed by atoms with E-state index in [0.717, 1.165) is 16.3 Å². The molecule has 0 bridgehead atoms. The van der Waals surface area contributed by atoms with Crippen LogP contribution in [0.2, 0.25) is 0 Å². The normalized spacial score (nSPS) is 10.8. The van der Waals surface area contributed by atoms with Gasteiger partial charge in [-0.3, -0.25) is 0 Å². The van der Waals surface area contributed by atoms with Crippen molar-refractivity contribution in [2.45, 2.75) is 0 Å². The first-order chi connectivity index (χ1) is 7.81. The van der Waals surface area contributed by atoms with Crippen LogP contribution in [0.15, 0.2) is 48.5 Å². The molecule has 0 aliphatic carbocycles. The number of benzene rings is 2. The van der Waals surface area contributed by atoms with E-state index in [9.17, 15) is 4.79 Å². The van der Waals surface area contributed by atoms with Gasteiger partial charge in [0.15, 0.2) is 0 Å². The van der Waals surface area contributed by atoms with Gasteiger partial charge in [0.2, 0.25) is 0 Å². The first-order valence-electron chi connectivity index (χ1n) is 5.05. The third kappa shape index (κ3) is 2.11. The van der Waals surface area contributed by atoms with Gasteiger partial charge in [-0.05, 0) is 22.4 Å². The molecular formula is C14H12O2. The second-order valence-electron chi connectivity index (χ2n) is 3.42. The van der Waals surface area contributed by atoms with Gasteiger partial charge in [0, 0.05) is 6.08 Å². The van der Waals surface area contributed by atoms with Crippen molar-refractivity contribution in [2.24, 2.45) is 0 Å². The molecule has 80 valence electrons. The van der Waals surface area contributed by atoms with Crippen LogP contribution >= 0.6 is 0 Å². The molecule has 0 unspecified atom stereocenters. The quantitative estimate of drug-likeness (QED) is 0.565. The fourth-order valence-electron chi connectivity index (χ4n) is 1.62. The Kier molecular flexibility index (Phi) is 3.01. The average Bonchev–Trinajstić information content (AvgIpc) is 2.35. The molecule has 16 heavy (non-hydrogen) atoms. The molecule has 0 aliphatic rings. The third-order valence-corrected chi connectivity index (χ3v) is 2.42. The number of hydrogen-bond acceptors (Lipinski definition) is 2. The van der Waals surface area contributed by atoms with Gasteiger partial charge in [0.25, 0.3) is 0 Å². The van der Waals surface area contributed by atoms with Crippen LogP contribution in [0.5, 0.6) is 0 Å². The van der Waals surface area contributed by atoms with Gasteiger partial charge in [-0.2, -0.15) is 0 Å². The predicted octanol–water partition coefficient (Wildman–Crippen LogP) is 3.03. The highest BCUT2D eigenvalue weighted by Crippen LogP contribution is 2.19. The molecule has 0 aliphatic heterocycles. The summed E-state index contributed by atoms with van der Waals surface area (Å²) in [6.07, 6.45) is 3.20. The zero-order chi connectivity index (χ0) is 11.4. The molecule has 0 saturated heterocycles. The monoisotopic (exact) mass is 212 g/mol. The Morgan fingerprint density at radius 3 is 2.69 bits per heavy atom. The van der Waals surface area contributed by atoms with E-state index in [1.807, 2.05) is 42.5 Å². The lowest BCUT2D eigenvalue weighted by molar-refractivity contribution is -0.134. The van der Waals surface area contributed by atoms with Crippen molar-refractivity contribution in [3.63, 3.8) is 0 Å². The Hall–Kier alpha value is -2.09. The predicted molar refractivity (Wildman–Crippen MR) is 65.0 cm³/mol. The Morgan fingerprint density at radius 1 is 1.12 bits per heavy atom. The molecule has 2 nitrogen and oxygen atoms in total. The van der Waals surface area contributed by atoms with Crippen LogP contribution in [0.1, 0.15) is 5.56 Å². The summed E-state index contributed by atoms with van der Waals surface area (Å²) in [6, 6.07) is 14.1. The van der Waals surface area contributed by atoms with Crippen molar-refractivity contribution < 1.29 is 9.53 Å². The lowest BCUT2D eigenvalue weighted by Gasteiger charge is -2.01. The summed E-state index contributed by atoms with van der Waals surface area (Å²) >= 11 is 0. The number of esters is 1. The number of rotatable bonds is 2. The first kappa shape index (κ1) is 10.4. The summed E-state index contributed by atoms with van der Waals surface area (Å²) in [7, 11) is 1.37. The number of carbonyl (C=O) groups excluding carboxylic acids is 1. The zero-order valence-electron chi connectivity index (χ0n) is 9.01. The van der Waals surface area contributed by atoms with Crippen molar-refractivity contribution in [1.82, 2.24) is 0 Å². The summed E-state index contributed by atoms with van der Waals surface area (Å²) < 4.78 is 4.56. The smallest absolute Gasteiger partial charge is 0.330 e. The van der Waals surface area contributed by atoms with E-state index in [1.54, 1.807) is 6.08 Å². The van der Waals surface area contributed by atoms with Crippen LogP contribution in [-0.4, -0.2) is 13.1 Å². The standard InChI is InChI=1S/C14H12O2/c1-16-14(15)10-9-12-7-4-6-11-5-2-3-8-13(11)12/h2-10H,1H3/b10-9-. The lowest BCUT2D eigenvalue weighted by atomic mass is 10.0. The van der Waals surface area contributed by atoms with Gasteiger partial charge in [0.05, 0.1) is 7.11 Å². The van der Waals surface area contributed by atoms with E-state index < -0.39 is 0 Å². The maximum Gasteiger partial charge on any atom is 0.330 e. The van der Waals surface area contributed by atoms with Crippen molar-refractivity contribution in [3.05, 3.63) is 54.1 Å². The minimum atomic E-state index is -0.340. The topological polar surface area (TPSA) is 26.3 Å². The minimum Gasteiger partial charge on any atom is -0.466 e. The molecule has 0 aromatic heterocycles. The molecule has 0 radical (unpaired) electrons. The highest BCUT2D eigenvalue weighted by Gasteiger charge is 1.97. The molecule has 2 heteroatoms. The number of hydrogen-bond donors (Lipinski definition) is 0. The van der Waals surface area contributed by atoms with Crippen molar-refractivity contribution >= 4 is 22.8 Å². The number of ether oxygens (including phenoxy) is 1. The van der Waals surface area contributed by atoms with E-state index in [0.29, 0.717) is 0 Å². The van der Waals surface area contributed by atoms with Gasteiger partial charge in [0.1, 0.15) is 0 Å². The molecule has 0 saturated carbocycles.